The molecular formula is C18H43N3. The molecule has 0 aliphatic heterocycles. The Balaban J connectivity index is 0. The van der Waals surface area contributed by atoms with Crippen molar-refractivity contribution in [3.63, 3.8) is 0 Å². The van der Waals surface area contributed by atoms with Gasteiger partial charge in [-0.15, -0.1) is 0 Å². The van der Waals surface area contributed by atoms with E-state index < -0.39 is 0 Å². The number of rotatable bonds is 4. The van der Waals surface area contributed by atoms with E-state index >= 15 is 0 Å². The van der Waals surface area contributed by atoms with Crippen molar-refractivity contribution < 1.29 is 0 Å². The molecule has 0 bridgehead atoms. The van der Waals surface area contributed by atoms with E-state index in [1.165, 1.54) is 44.9 Å². The lowest BCUT2D eigenvalue weighted by molar-refractivity contribution is 0.385. The van der Waals surface area contributed by atoms with Crippen molar-refractivity contribution in [2.24, 2.45) is 28.5 Å². The van der Waals surface area contributed by atoms with Crippen LogP contribution in [0.4, 0.5) is 0 Å². The van der Waals surface area contributed by atoms with Crippen molar-refractivity contribution in [3.8, 4) is 0 Å². The molecule has 0 heterocycles. The number of hydrogen-bond acceptors (Lipinski definition) is 3. The average Bonchev–Trinajstić information content (AvgIpc) is 2.37. The summed E-state index contributed by atoms with van der Waals surface area (Å²) in [5.74, 6) is 0.823. The van der Waals surface area contributed by atoms with Crippen LogP contribution in [0.15, 0.2) is 0 Å². The van der Waals surface area contributed by atoms with Crippen LogP contribution in [0, 0.1) is 11.3 Å². The molecule has 0 spiro atoms. The summed E-state index contributed by atoms with van der Waals surface area (Å²) in [6.07, 6.45) is 10.2. The van der Waals surface area contributed by atoms with Crippen LogP contribution in [0.3, 0.4) is 0 Å². The zero-order chi connectivity index (χ0) is 16.7. The van der Waals surface area contributed by atoms with Crippen molar-refractivity contribution in [2.75, 3.05) is 13.1 Å². The highest BCUT2D eigenvalue weighted by Crippen LogP contribution is 2.16. The van der Waals surface area contributed by atoms with Crippen LogP contribution in [-0.2, 0) is 0 Å². The first-order valence-corrected chi connectivity index (χ1v) is 8.88. The van der Waals surface area contributed by atoms with Gasteiger partial charge in [0.25, 0.3) is 0 Å². The Morgan fingerprint density at radius 3 is 1.62 bits per heavy atom. The second-order valence-electron chi connectivity index (χ2n) is 7.82. The summed E-state index contributed by atoms with van der Waals surface area (Å²) in [6, 6.07) is 0.536. The first-order chi connectivity index (χ1) is 9.72. The lowest BCUT2D eigenvalue weighted by Gasteiger charge is -2.15. The highest BCUT2D eigenvalue weighted by Gasteiger charge is 2.06. The molecule has 0 unspecified atom stereocenters. The normalized spacial score (nSPS) is 15.9. The zero-order valence-electron chi connectivity index (χ0n) is 15.5. The monoisotopic (exact) mass is 301 g/mol. The van der Waals surface area contributed by atoms with Gasteiger partial charge in [-0.25, -0.2) is 0 Å². The molecule has 0 aromatic heterocycles. The lowest BCUT2D eigenvalue weighted by Crippen LogP contribution is -2.22. The minimum absolute atomic E-state index is 0.425. The van der Waals surface area contributed by atoms with Crippen LogP contribution in [0.2, 0.25) is 0 Å². The second-order valence-corrected chi connectivity index (χ2v) is 7.82. The molecular weight excluding hydrogens is 258 g/mol. The second kappa shape index (κ2) is 14.8. The smallest absolute Gasteiger partial charge is 0.00388 e. The Kier molecular flexibility index (Phi) is 16.3. The van der Waals surface area contributed by atoms with E-state index in [1.807, 2.05) is 0 Å². The van der Waals surface area contributed by atoms with Crippen molar-refractivity contribution in [1.29, 1.82) is 0 Å². The molecule has 1 rings (SSSR count). The summed E-state index contributed by atoms with van der Waals surface area (Å²) in [6.45, 7) is 12.7. The summed E-state index contributed by atoms with van der Waals surface area (Å²) in [4.78, 5) is 0. The van der Waals surface area contributed by atoms with Crippen molar-refractivity contribution in [3.05, 3.63) is 0 Å². The van der Waals surface area contributed by atoms with E-state index in [2.05, 4.69) is 34.6 Å². The molecule has 0 radical (unpaired) electrons. The standard InChI is InChI=1S/C6H13N.2C6H15N/c7-6-4-2-1-3-5-6;1-6(2,3)4-5-7;1-6(2)4-3-5-7/h6H,1-5,7H2;4-5,7H2,1-3H3;6H,3-5,7H2,1-2H3. The van der Waals surface area contributed by atoms with Crippen LogP contribution in [0.25, 0.3) is 0 Å². The van der Waals surface area contributed by atoms with Crippen LogP contribution >= 0.6 is 0 Å². The minimum atomic E-state index is 0.425. The molecule has 0 aromatic carbocycles. The zero-order valence-corrected chi connectivity index (χ0v) is 15.5. The van der Waals surface area contributed by atoms with Gasteiger partial charge in [-0.2, -0.15) is 0 Å². The van der Waals surface area contributed by atoms with Gasteiger partial charge >= 0.3 is 0 Å². The van der Waals surface area contributed by atoms with E-state index in [0.717, 1.165) is 25.4 Å². The van der Waals surface area contributed by atoms with Gasteiger partial charge in [0.15, 0.2) is 0 Å². The maximum absolute atomic E-state index is 5.63. The maximum atomic E-state index is 5.63. The van der Waals surface area contributed by atoms with Gasteiger partial charge in [-0.1, -0.05) is 53.9 Å². The highest BCUT2D eigenvalue weighted by atomic mass is 14.6. The number of nitrogens with two attached hydrogens (primary N) is 3. The molecule has 0 aromatic rings. The fraction of sp³-hybridized carbons (Fsp3) is 1.00. The SMILES string of the molecule is CC(C)(C)CCN.CC(C)CCCN.NC1CCCCC1. The van der Waals surface area contributed by atoms with E-state index in [4.69, 9.17) is 17.2 Å². The van der Waals surface area contributed by atoms with Gasteiger partial charge in [0.05, 0.1) is 0 Å². The predicted molar refractivity (Wildman–Crippen MR) is 97.3 cm³/mol. The molecule has 1 aliphatic rings. The van der Waals surface area contributed by atoms with E-state index in [9.17, 15) is 0 Å². The molecule has 21 heavy (non-hydrogen) atoms. The third-order valence-electron chi connectivity index (χ3n) is 3.53. The Bertz CT molecular complexity index is 191. The Labute approximate surface area is 134 Å². The fourth-order valence-corrected chi connectivity index (χ4v) is 2.09. The topological polar surface area (TPSA) is 78.1 Å². The molecule has 0 atom stereocenters. The minimum Gasteiger partial charge on any atom is -0.330 e. The van der Waals surface area contributed by atoms with Crippen molar-refractivity contribution >= 4 is 0 Å². The molecule has 1 aliphatic carbocycles. The third-order valence-corrected chi connectivity index (χ3v) is 3.53. The largest absolute Gasteiger partial charge is 0.330 e. The summed E-state index contributed by atoms with van der Waals surface area (Å²) >= 11 is 0. The van der Waals surface area contributed by atoms with Crippen molar-refractivity contribution in [1.82, 2.24) is 0 Å². The first-order valence-electron chi connectivity index (χ1n) is 8.88. The molecule has 1 saturated carbocycles. The molecule has 3 nitrogen and oxygen atoms in total. The van der Waals surface area contributed by atoms with E-state index in [1.54, 1.807) is 0 Å². The van der Waals surface area contributed by atoms with E-state index in [0.29, 0.717) is 11.5 Å². The fourth-order valence-electron chi connectivity index (χ4n) is 2.09. The Hall–Kier alpha value is -0.120. The van der Waals surface area contributed by atoms with Gasteiger partial charge in [0.1, 0.15) is 0 Å². The summed E-state index contributed by atoms with van der Waals surface area (Å²) in [7, 11) is 0. The molecule has 130 valence electrons. The molecule has 0 amide bonds. The number of hydrogen-bond donors (Lipinski definition) is 3. The lowest BCUT2D eigenvalue weighted by atomic mass is 9.93. The predicted octanol–water partition coefficient (Wildman–Crippen LogP) is 4.04. The average molecular weight is 302 g/mol. The van der Waals surface area contributed by atoms with Crippen LogP contribution in [-0.4, -0.2) is 19.1 Å². The molecule has 3 heteroatoms. The molecule has 1 fully saturated rings. The summed E-state index contributed by atoms with van der Waals surface area (Å²) in [5, 5.41) is 0. The molecule has 0 saturated heterocycles. The van der Waals surface area contributed by atoms with Crippen LogP contribution in [0.1, 0.15) is 86.0 Å². The first kappa shape index (κ1) is 23.2. The third kappa shape index (κ3) is 25.2. The molecule has 6 N–H and O–H groups in total. The van der Waals surface area contributed by atoms with Gasteiger partial charge in [-0.3, -0.25) is 0 Å². The summed E-state index contributed by atoms with van der Waals surface area (Å²) < 4.78 is 0. The van der Waals surface area contributed by atoms with Gasteiger partial charge < -0.3 is 17.2 Å². The van der Waals surface area contributed by atoms with Gasteiger partial charge in [0.2, 0.25) is 0 Å². The Morgan fingerprint density at radius 2 is 1.48 bits per heavy atom. The van der Waals surface area contributed by atoms with Gasteiger partial charge in [0, 0.05) is 6.04 Å². The highest BCUT2D eigenvalue weighted by molar-refractivity contribution is 4.66. The Morgan fingerprint density at radius 1 is 0.952 bits per heavy atom. The van der Waals surface area contributed by atoms with Crippen LogP contribution < -0.4 is 17.2 Å². The van der Waals surface area contributed by atoms with Gasteiger partial charge in [-0.05, 0) is 56.5 Å². The van der Waals surface area contributed by atoms with Crippen LogP contribution in [0.5, 0.6) is 0 Å². The van der Waals surface area contributed by atoms with Crippen molar-refractivity contribution in [2.45, 2.75) is 92.0 Å². The summed E-state index contributed by atoms with van der Waals surface area (Å²) in [5.41, 5.74) is 16.7. The maximum Gasteiger partial charge on any atom is 0.00388 e. The quantitative estimate of drug-likeness (QED) is 0.733. The van der Waals surface area contributed by atoms with E-state index in [-0.39, 0.29) is 0 Å².